The van der Waals surface area contributed by atoms with Crippen LogP contribution in [0.3, 0.4) is 0 Å². The van der Waals surface area contributed by atoms with E-state index in [-0.39, 0.29) is 5.41 Å². The van der Waals surface area contributed by atoms with E-state index >= 15 is 0 Å². The molecule has 0 atom stereocenters. The first-order valence-corrected chi connectivity index (χ1v) is 7.21. The Morgan fingerprint density at radius 1 is 1.29 bits per heavy atom. The maximum absolute atomic E-state index is 6.12. The first kappa shape index (κ1) is 15.2. The van der Waals surface area contributed by atoms with E-state index in [4.69, 9.17) is 16.3 Å². The largest absolute Gasteiger partial charge is 0.494 e. The number of hydrogen-bond acceptors (Lipinski definition) is 4. The molecule has 0 spiro atoms. The number of benzene rings is 1. The zero-order valence-electron chi connectivity index (χ0n) is 13.2. The molecule has 0 saturated carbocycles. The van der Waals surface area contributed by atoms with E-state index in [0.717, 1.165) is 23.6 Å². The Morgan fingerprint density at radius 2 is 2.00 bits per heavy atom. The van der Waals surface area contributed by atoms with Crippen LogP contribution in [0.15, 0.2) is 24.3 Å². The van der Waals surface area contributed by atoms with Gasteiger partial charge in [-0.3, -0.25) is 0 Å². The minimum atomic E-state index is -0.169. The van der Waals surface area contributed by atoms with Gasteiger partial charge in [-0.25, -0.2) is 9.66 Å². The fourth-order valence-electron chi connectivity index (χ4n) is 2.14. The summed E-state index contributed by atoms with van der Waals surface area (Å²) in [7, 11) is 0. The van der Waals surface area contributed by atoms with Gasteiger partial charge in [0.2, 0.25) is 0 Å². The Kier molecular flexibility index (Phi) is 4.11. The standard InChI is InChI=1S/C16H24N4O/c1-5-9-21-12-8-6-7-11(10-12)13-14(17)20(18)15(19-13)16(2,3)4/h6-8,10H,5,9,17-18H2,1-4H3. The summed E-state index contributed by atoms with van der Waals surface area (Å²) in [5, 5.41) is 0. The average Bonchev–Trinajstić information content (AvgIpc) is 2.73. The summed E-state index contributed by atoms with van der Waals surface area (Å²) in [4.78, 5) is 4.63. The predicted molar refractivity (Wildman–Crippen MR) is 86.7 cm³/mol. The van der Waals surface area contributed by atoms with Crippen molar-refractivity contribution in [2.75, 3.05) is 18.2 Å². The number of nitrogens with two attached hydrogens (primary N) is 2. The molecule has 0 fully saturated rings. The van der Waals surface area contributed by atoms with E-state index in [9.17, 15) is 0 Å². The Hall–Kier alpha value is -2.17. The van der Waals surface area contributed by atoms with Gasteiger partial charge in [0.25, 0.3) is 0 Å². The van der Waals surface area contributed by atoms with Gasteiger partial charge in [0.15, 0.2) is 5.82 Å². The summed E-state index contributed by atoms with van der Waals surface area (Å²) < 4.78 is 7.12. The summed E-state index contributed by atoms with van der Waals surface area (Å²) in [5.74, 6) is 8.08. The third-order valence-electron chi connectivity index (χ3n) is 3.20. The lowest BCUT2D eigenvalue weighted by Crippen LogP contribution is -2.24. The summed E-state index contributed by atoms with van der Waals surface area (Å²) in [6, 6.07) is 7.77. The average molecular weight is 288 g/mol. The number of hydrogen-bond donors (Lipinski definition) is 2. The third kappa shape index (κ3) is 3.12. The zero-order valence-corrected chi connectivity index (χ0v) is 13.2. The van der Waals surface area contributed by atoms with Crippen LogP contribution in [0.2, 0.25) is 0 Å². The molecular formula is C16H24N4O. The molecule has 0 unspecified atom stereocenters. The summed E-state index contributed by atoms with van der Waals surface area (Å²) in [6.07, 6.45) is 0.970. The molecule has 4 N–H and O–H groups in total. The zero-order chi connectivity index (χ0) is 15.6. The molecule has 0 bridgehead atoms. The van der Waals surface area contributed by atoms with Crippen LogP contribution in [-0.4, -0.2) is 16.3 Å². The lowest BCUT2D eigenvalue weighted by Gasteiger charge is -2.17. The van der Waals surface area contributed by atoms with Gasteiger partial charge in [-0.1, -0.05) is 39.8 Å². The van der Waals surface area contributed by atoms with Gasteiger partial charge in [-0.05, 0) is 18.6 Å². The third-order valence-corrected chi connectivity index (χ3v) is 3.20. The van der Waals surface area contributed by atoms with E-state index < -0.39 is 0 Å². The summed E-state index contributed by atoms with van der Waals surface area (Å²) in [6.45, 7) is 8.94. The highest BCUT2D eigenvalue weighted by atomic mass is 16.5. The monoisotopic (exact) mass is 288 g/mol. The van der Waals surface area contributed by atoms with Crippen molar-refractivity contribution in [2.24, 2.45) is 0 Å². The molecule has 5 nitrogen and oxygen atoms in total. The Bertz CT molecular complexity index is 626. The van der Waals surface area contributed by atoms with Gasteiger partial charge in [0.1, 0.15) is 17.3 Å². The van der Waals surface area contributed by atoms with Crippen LogP contribution in [0.5, 0.6) is 5.75 Å². The minimum Gasteiger partial charge on any atom is -0.494 e. The molecular weight excluding hydrogens is 264 g/mol. The van der Waals surface area contributed by atoms with E-state index in [0.29, 0.717) is 18.1 Å². The molecule has 2 rings (SSSR count). The van der Waals surface area contributed by atoms with Crippen LogP contribution in [0.4, 0.5) is 5.82 Å². The molecule has 1 aromatic heterocycles. The van der Waals surface area contributed by atoms with Gasteiger partial charge in [-0.2, -0.15) is 0 Å². The molecule has 114 valence electrons. The highest BCUT2D eigenvalue weighted by molar-refractivity contribution is 5.72. The van der Waals surface area contributed by atoms with Crippen molar-refractivity contribution in [1.82, 2.24) is 9.66 Å². The van der Waals surface area contributed by atoms with Gasteiger partial charge in [0.05, 0.1) is 6.61 Å². The quantitative estimate of drug-likeness (QED) is 0.848. The van der Waals surface area contributed by atoms with Crippen LogP contribution in [-0.2, 0) is 5.41 Å². The smallest absolute Gasteiger partial charge is 0.150 e. The van der Waals surface area contributed by atoms with Gasteiger partial charge >= 0.3 is 0 Å². The Morgan fingerprint density at radius 3 is 2.57 bits per heavy atom. The number of ether oxygens (including phenoxy) is 1. The number of imidazole rings is 1. The van der Waals surface area contributed by atoms with Crippen LogP contribution in [0, 0.1) is 0 Å². The van der Waals surface area contributed by atoms with Crippen molar-refractivity contribution in [2.45, 2.75) is 39.5 Å². The van der Waals surface area contributed by atoms with Crippen molar-refractivity contribution in [3.63, 3.8) is 0 Å². The number of nitrogen functional groups attached to an aromatic ring is 2. The molecule has 1 aromatic carbocycles. The van der Waals surface area contributed by atoms with Crippen molar-refractivity contribution < 1.29 is 4.74 Å². The molecule has 1 heterocycles. The predicted octanol–water partition coefficient (Wildman–Crippen LogP) is 2.93. The molecule has 0 amide bonds. The van der Waals surface area contributed by atoms with Gasteiger partial charge in [-0.15, -0.1) is 0 Å². The van der Waals surface area contributed by atoms with Crippen LogP contribution in [0.1, 0.15) is 39.9 Å². The van der Waals surface area contributed by atoms with Crippen molar-refractivity contribution in [3.8, 4) is 17.0 Å². The molecule has 0 aliphatic heterocycles. The number of aromatic nitrogens is 2. The second-order valence-electron chi connectivity index (χ2n) is 6.17. The van der Waals surface area contributed by atoms with E-state index in [1.807, 2.05) is 24.3 Å². The fraction of sp³-hybridized carbons (Fsp3) is 0.438. The summed E-state index contributed by atoms with van der Waals surface area (Å²) >= 11 is 0. The maximum Gasteiger partial charge on any atom is 0.150 e. The van der Waals surface area contributed by atoms with Crippen molar-refractivity contribution in [3.05, 3.63) is 30.1 Å². The molecule has 0 radical (unpaired) electrons. The van der Waals surface area contributed by atoms with E-state index in [1.165, 1.54) is 4.68 Å². The van der Waals surface area contributed by atoms with E-state index in [1.54, 1.807) is 0 Å². The van der Waals surface area contributed by atoms with Crippen LogP contribution < -0.4 is 16.3 Å². The first-order chi connectivity index (χ1) is 9.84. The number of anilines is 1. The minimum absolute atomic E-state index is 0.169. The normalized spacial score (nSPS) is 11.6. The molecule has 0 saturated heterocycles. The van der Waals surface area contributed by atoms with E-state index in [2.05, 4.69) is 32.7 Å². The van der Waals surface area contributed by atoms with Crippen molar-refractivity contribution >= 4 is 5.82 Å². The SMILES string of the molecule is CCCOc1cccc(-c2nc(C(C)(C)C)n(N)c2N)c1. The lowest BCUT2D eigenvalue weighted by molar-refractivity contribution is 0.317. The highest BCUT2D eigenvalue weighted by Crippen LogP contribution is 2.31. The second-order valence-corrected chi connectivity index (χ2v) is 6.17. The van der Waals surface area contributed by atoms with Crippen LogP contribution >= 0.6 is 0 Å². The molecule has 0 aliphatic rings. The molecule has 5 heteroatoms. The number of rotatable bonds is 4. The molecule has 21 heavy (non-hydrogen) atoms. The molecule has 2 aromatic rings. The highest BCUT2D eigenvalue weighted by Gasteiger charge is 2.24. The number of nitrogens with zero attached hydrogens (tertiary/aromatic N) is 2. The van der Waals surface area contributed by atoms with Crippen molar-refractivity contribution in [1.29, 1.82) is 0 Å². The lowest BCUT2D eigenvalue weighted by atomic mass is 9.96. The fourth-order valence-corrected chi connectivity index (χ4v) is 2.14. The maximum atomic E-state index is 6.12. The van der Waals surface area contributed by atoms with Crippen LogP contribution in [0.25, 0.3) is 11.3 Å². The molecule has 0 aliphatic carbocycles. The summed E-state index contributed by atoms with van der Waals surface area (Å²) in [5.41, 5.74) is 7.56. The Balaban J connectivity index is 2.43. The second kappa shape index (κ2) is 5.68. The van der Waals surface area contributed by atoms with Gasteiger partial charge < -0.3 is 16.3 Å². The first-order valence-electron chi connectivity index (χ1n) is 7.21. The Labute approximate surface area is 125 Å². The topological polar surface area (TPSA) is 79.1 Å². The van der Waals surface area contributed by atoms with Gasteiger partial charge in [0, 0.05) is 11.0 Å².